The first-order chi connectivity index (χ1) is 13.6. The molecule has 2 aromatic rings. The van der Waals surface area contributed by atoms with Crippen molar-refractivity contribution in [2.24, 2.45) is 0 Å². The lowest BCUT2D eigenvalue weighted by Gasteiger charge is -2.38. The van der Waals surface area contributed by atoms with Gasteiger partial charge in [0.1, 0.15) is 5.75 Å². The predicted octanol–water partition coefficient (Wildman–Crippen LogP) is 3.94. The molecule has 2 aromatic carbocycles. The molecule has 1 saturated heterocycles. The molecular weight excluding hydrogens is 374 g/mol. The summed E-state index contributed by atoms with van der Waals surface area (Å²) < 4.78 is 6.04. The second kappa shape index (κ2) is 7.87. The highest BCUT2D eigenvalue weighted by atomic mass is 35.5. The number of halogens is 1. The normalized spacial score (nSPS) is 17.5. The molecule has 0 amide bonds. The van der Waals surface area contributed by atoms with E-state index in [1.807, 2.05) is 30.3 Å². The highest BCUT2D eigenvalue weighted by Crippen LogP contribution is 2.45. The number of carbonyl (C=O) groups is 1. The van der Waals surface area contributed by atoms with Gasteiger partial charge < -0.3 is 14.7 Å². The van der Waals surface area contributed by atoms with Gasteiger partial charge in [-0.3, -0.25) is 4.79 Å². The molecular formula is C23H22ClNO3. The Morgan fingerprint density at radius 3 is 2.71 bits per heavy atom. The molecule has 144 valence electrons. The van der Waals surface area contributed by atoms with E-state index in [2.05, 4.69) is 28.9 Å². The number of carboxylic acids is 1. The lowest BCUT2D eigenvalue weighted by molar-refractivity contribution is -0.137. The van der Waals surface area contributed by atoms with E-state index >= 15 is 0 Å². The Hall–Kier alpha value is -2.48. The Labute approximate surface area is 170 Å². The van der Waals surface area contributed by atoms with E-state index in [-0.39, 0.29) is 11.8 Å². The molecule has 0 atom stereocenters. The van der Waals surface area contributed by atoms with Crippen molar-refractivity contribution in [3.8, 4) is 17.6 Å². The molecule has 0 bridgehead atoms. The van der Waals surface area contributed by atoms with E-state index in [0.29, 0.717) is 18.2 Å². The van der Waals surface area contributed by atoms with Crippen LogP contribution in [0.3, 0.4) is 0 Å². The summed E-state index contributed by atoms with van der Waals surface area (Å²) >= 11 is 6.17. The van der Waals surface area contributed by atoms with Crippen molar-refractivity contribution < 1.29 is 14.6 Å². The molecule has 1 N–H and O–H groups in total. The van der Waals surface area contributed by atoms with Crippen molar-refractivity contribution in [1.82, 2.24) is 4.90 Å². The quantitative estimate of drug-likeness (QED) is 0.800. The third-order valence-corrected chi connectivity index (χ3v) is 6.06. The number of likely N-dealkylation sites (tertiary alicyclic amines) is 1. The van der Waals surface area contributed by atoms with Gasteiger partial charge in [0.05, 0.1) is 18.1 Å². The SMILES string of the molecule is O=C(O)CCN1CCC2(CC1)COc1cc(C#Cc3ccccc3Cl)ccc12. The molecule has 2 heterocycles. The van der Waals surface area contributed by atoms with Crippen molar-refractivity contribution in [2.75, 3.05) is 26.2 Å². The van der Waals surface area contributed by atoms with E-state index in [0.717, 1.165) is 42.8 Å². The summed E-state index contributed by atoms with van der Waals surface area (Å²) in [6, 6.07) is 13.8. The van der Waals surface area contributed by atoms with Crippen molar-refractivity contribution in [2.45, 2.75) is 24.7 Å². The van der Waals surface area contributed by atoms with Crippen LogP contribution in [0.25, 0.3) is 0 Å². The van der Waals surface area contributed by atoms with Crippen LogP contribution in [0, 0.1) is 11.8 Å². The number of hydrogen-bond donors (Lipinski definition) is 1. The second-order valence-electron chi connectivity index (χ2n) is 7.50. The molecule has 2 aliphatic rings. The number of ether oxygens (including phenoxy) is 1. The third-order valence-electron chi connectivity index (χ3n) is 5.73. The number of fused-ring (bicyclic) bond motifs is 2. The van der Waals surface area contributed by atoms with Gasteiger partial charge in [-0.05, 0) is 50.2 Å². The number of hydrogen-bond acceptors (Lipinski definition) is 3. The minimum absolute atomic E-state index is 0.0454. The van der Waals surface area contributed by atoms with E-state index in [1.54, 1.807) is 0 Å². The average molecular weight is 396 g/mol. The van der Waals surface area contributed by atoms with Crippen molar-refractivity contribution in [3.05, 3.63) is 64.2 Å². The first-order valence-corrected chi connectivity index (χ1v) is 9.92. The molecule has 4 rings (SSSR count). The van der Waals surface area contributed by atoms with Crippen LogP contribution in [0.15, 0.2) is 42.5 Å². The molecule has 1 spiro atoms. The first kappa shape index (κ1) is 18.9. The Morgan fingerprint density at radius 2 is 1.96 bits per heavy atom. The monoisotopic (exact) mass is 395 g/mol. The molecule has 0 radical (unpaired) electrons. The van der Waals surface area contributed by atoms with Crippen LogP contribution in [0.4, 0.5) is 0 Å². The number of carboxylic acid groups (broad SMARTS) is 1. The maximum atomic E-state index is 10.8. The zero-order chi connectivity index (χ0) is 19.6. The number of benzene rings is 2. The Morgan fingerprint density at radius 1 is 1.18 bits per heavy atom. The van der Waals surface area contributed by atoms with E-state index < -0.39 is 5.97 Å². The van der Waals surface area contributed by atoms with Crippen LogP contribution in [0.5, 0.6) is 5.75 Å². The van der Waals surface area contributed by atoms with Crippen LogP contribution in [-0.2, 0) is 10.2 Å². The van der Waals surface area contributed by atoms with E-state index in [1.165, 1.54) is 5.56 Å². The summed E-state index contributed by atoms with van der Waals surface area (Å²) in [7, 11) is 0. The fourth-order valence-electron chi connectivity index (χ4n) is 4.03. The molecule has 0 saturated carbocycles. The lowest BCUT2D eigenvalue weighted by Crippen LogP contribution is -2.44. The number of piperidine rings is 1. The van der Waals surface area contributed by atoms with Crippen LogP contribution in [-0.4, -0.2) is 42.2 Å². The topological polar surface area (TPSA) is 49.8 Å². The summed E-state index contributed by atoms with van der Waals surface area (Å²) in [4.78, 5) is 13.0. The van der Waals surface area contributed by atoms with Crippen LogP contribution >= 0.6 is 11.6 Å². The van der Waals surface area contributed by atoms with Crippen molar-refractivity contribution in [1.29, 1.82) is 0 Å². The standard InChI is InChI=1S/C23H22ClNO3/c24-20-4-2-1-3-18(20)7-5-17-6-8-19-21(15-17)28-16-23(19)10-13-25(14-11-23)12-9-22(26)27/h1-4,6,8,15H,9-14,16H2,(H,26,27). The molecule has 0 aromatic heterocycles. The molecule has 1 fully saturated rings. The highest BCUT2D eigenvalue weighted by molar-refractivity contribution is 6.31. The largest absolute Gasteiger partial charge is 0.492 e. The maximum Gasteiger partial charge on any atom is 0.304 e. The minimum Gasteiger partial charge on any atom is -0.492 e. The van der Waals surface area contributed by atoms with Gasteiger partial charge in [0.2, 0.25) is 0 Å². The number of rotatable bonds is 3. The predicted molar refractivity (Wildman–Crippen MR) is 109 cm³/mol. The van der Waals surface area contributed by atoms with Gasteiger partial charge in [-0.15, -0.1) is 0 Å². The zero-order valence-electron chi connectivity index (χ0n) is 15.6. The minimum atomic E-state index is -0.736. The van der Waals surface area contributed by atoms with Gasteiger partial charge in [0.15, 0.2) is 0 Å². The van der Waals surface area contributed by atoms with Gasteiger partial charge in [0, 0.05) is 28.7 Å². The average Bonchev–Trinajstić information content (AvgIpc) is 3.04. The van der Waals surface area contributed by atoms with Gasteiger partial charge in [-0.25, -0.2) is 0 Å². The maximum absolute atomic E-state index is 10.8. The van der Waals surface area contributed by atoms with Crippen molar-refractivity contribution >= 4 is 17.6 Å². The number of aliphatic carboxylic acids is 1. The van der Waals surface area contributed by atoms with Crippen LogP contribution in [0.2, 0.25) is 5.02 Å². The summed E-state index contributed by atoms with van der Waals surface area (Å²) in [5.41, 5.74) is 3.03. The summed E-state index contributed by atoms with van der Waals surface area (Å²) in [6.45, 7) is 3.13. The number of nitrogens with zero attached hydrogens (tertiary/aromatic N) is 1. The third kappa shape index (κ3) is 3.87. The molecule has 0 unspecified atom stereocenters. The first-order valence-electron chi connectivity index (χ1n) is 9.54. The van der Waals surface area contributed by atoms with Crippen LogP contribution < -0.4 is 4.74 Å². The van der Waals surface area contributed by atoms with Gasteiger partial charge in [-0.1, -0.05) is 41.6 Å². The molecule has 2 aliphatic heterocycles. The highest BCUT2D eigenvalue weighted by Gasteiger charge is 2.42. The fraction of sp³-hybridized carbons (Fsp3) is 0.348. The Kier molecular flexibility index (Phi) is 5.30. The second-order valence-corrected chi connectivity index (χ2v) is 7.90. The molecule has 5 heteroatoms. The molecule has 0 aliphatic carbocycles. The fourth-order valence-corrected chi connectivity index (χ4v) is 4.21. The van der Waals surface area contributed by atoms with E-state index in [9.17, 15) is 4.79 Å². The van der Waals surface area contributed by atoms with Gasteiger partial charge in [0.25, 0.3) is 0 Å². The zero-order valence-corrected chi connectivity index (χ0v) is 16.3. The Balaban J connectivity index is 1.48. The Bertz CT molecular complexity index is 952. The van der Waals surface area contributed by atoms with E-state index in [4.69, 9.17) is 21.4 Å². The van der Waals surface area contributed by atoms with Gasteiger partial charge in [-0.2, -0.15) is 0 Å². The molecule has 4 nitrogen and oxygen atoms in total. The smallest absolute Gasteiger partial charge is 0.304 e. The van der Waals surface area contributed by atoms with Crippen molar-refractivity contribution in [3.63, 3.8) is 0 Å². The van der Waals surface area contributed by atoms with Crippen LogP contribution in [0.1, 0.15) is 36.0 Å². The lowest BCUT2D eigenvalue weighted by atomic mass is 9.74. The summed E-state index contributed by atoms with van der Waals surface area (Å²) in [5, 5.41) is 9.53. The van der Waals surface area contributed by atoms with Gasteiger partial charge >= 0.3 is 5.97 Å². The summed E-state index contributed by atoms with van der Waals surface area (Å²) in [6.07, 6.45) is 2.18. The summed E-state index contributed by atoms with van der Waals surface area (Å²) in [5.74, 6) is 6.49. The molecule has 28 heavy (non-hydrogen) atoms.